The van der Waals surface area contributed by atoms with E-state index in [1.54, 1.807) is 6.07 Å². The number of hydrogen-bond acceptors (Lipinski definition) is 4. The van der Waals surface area contributed by atoms with Crippen molar-refractivity contribution in [2.45, 2.75) is 34.6 Å². The molecule has 0 bridgehead atoms. The minimum Gasteiger partial charge on any atom is -0.280 e. The zero-order valence-corrected chi connectivity index (χ0v) is 14.3. The summed E-state index contributed by atoms with van der Waals surface area (Å²) < 4.78 is 64.3. The van der Waals surface area contributed by atoms with Gasteiger partial charge in [0.2, 0.25) is 0 Å². The number of hydrogen-bond donors (Lipinski definition) is 1. The van der Waals surface area contributed by atoms with Gasteiger partial charge in [-0.1, -0.05) is 18.2 Å². The molecule has 0 amide bonds. The molecule has 0 aromatic heterocycles. The average molecular weight is 369 g/mol. The van der Waals surface area contributed by atoms with Crippen molar-refractivity contribution in [3.05, 3.63) is 54.1 Å². The van der Waals surface area contributed by atoms with Crippen LogP contribution in [-0.2, 0) is 26.5 Å². The predicted octanol–water partition coefficient (Wildman–Crippen LogP) is 2.89. The number of anilines is 1. The Morgan fingerprint density at radius 2 is 1.58 bits per heavy atom. The van der Waals surface area contributed by atoms with E-state index < -0.39 is 26.5 Å². The van der Waals surface area contributed by atoms with E-state index in [1.807, 2.05) is 0 Å². The lowest BCUT2D eigenvalue weighted by Gasteiger charge is -2.11. The van der Waals surface area contributed by atoms with Gasteiger partial charge < -0.3 is 0 Å². The molecule has 1 fully saturated rings. The van der Waals surface area contributed by atoms with E-state index >= 15 is 0 Å². The first kappa shape index (κ1) is 16.9. The minimum absolute atomic E-state index is 0.0675. The number of sulfonamides is 1. The predicted molar refractivity (Wildman–Crippen MR) is 88.7 cm³/mol. The summed E-state index contributed by atoms with van der Waals surface area (Å²) >= 11 is 0. The van der Waals surface area contributed by atoms with Crippen LogP contribution in [0.3, 0.4) is 0 Å². The molecule has 0 unspecified atom stereocenters. The highest BCUT2D eigenvalue weighted by molar-refractivity contribution is 7.93. The third-order valence-electron chi connectivity index (χ3n) is 3.80. The average Bonchev–Trinajstić information content (AvgIpc) is 3.40. The Bertz CT molecular complexity index is 950. The van der Waals surface area contributed by atoms with Crippen LogP contribution in [0.2, 0.25) is 0 Å². The maximum atomic E-state index is 13.0. The molecule has 2 aromatic rings. The van der Waals surface area contributed by atoms with Gasteiger partial charge in [0.25, 0.3) is 10.0 Å². The fourth-order valence-electron chi connectivity index (χ4n) is 2.37. The Morgan fingerprint density at radius 3 is 2.17 bits per heavy atom. The van der Waals surface area contributed by atoms with Crippen molar-refractivity contribution in [2.75, 3.05) is 4.72 Å². The summed E-state index contributed by atoms with van der Waals surface area (Å²) in [6.07, 6.45) is 1.33. The lowest BCUT2D eigenvalue weighted by molar-refractivity contribution is 0.478. The molecule has 1 N–H and O–H groups in total. The molecule has 24 heavy (non-hydrogen) atoms. The normalized spacial score (nSPS) is 15.2. The minimum atomic E-state index is -3.95. The molecule has 0 saturated heterocycles. The zero-order valence-electron chi connectivity index (χ0n) is 12.6. The first-order valence-corrected chi connectivity index (χ1v) is 10.4. The van der Waals surface area contributed by atoms with Crippen molar-refractivity contribution in [1.82, 2.24) is 0 Å². The summed E-state index contributed by atoms with van der Waals surface area (Å²) in [5.74, 6) is 0. The highest BCUT2D eigenvalue weighted by atomic mass is 32.2. The first-order chi connectivity index (χ1) is 11.3. The molecule has 3 rings (SSSR count). The van der Waals surface area contributed by atoms with E-state index in [0.29, 0.717) is 12.8 Å². The Kier molecular flexibility index (Phi) is 4.35. The standard InChI is InChI=1S/C16H16FNO4S2/c17-11-12-3-1-2-4-16(12)24(21,22)18-13-5-7-14(8-6-13)23(19,20)15-9-10-15/h1-8,15,18H,9-11H2. The van der Waals surface area contributed by atoms with Crippen molar-refractivity contribution in [3.8, 4) is 0 Å². The Morgan fingerprint density at radius 1 is 0.958 bits per heavy atom. The number of sulfone groups is 1. The van der Waals surface area contributed by atoms with Gasteiger partial charge in [-0.15, -0.1) is 0 Å². The lowest BCUT2D eigenvalue weighted by Crippen LogP contribution is -2.15. The molecule has 128 valence electrons. The van der Waals surface area contributed by atoms with E-state index in [4.69, 9.17) is 0 Å². The van der Waals surface area contributed by atoms with E-state index in [2.05, 4.69) is 4.72 Å². The summed E-state index contributed by atoms with van der Waals surface area (Å²) in [5, 5.41) is -0.323. The largest absolute Gasteiger partial charge is 0.280 e. The summed E-state index contributed by atoms with van der Waals surface area (Å²) in [7, 11) is -7.26. The summed E-state index contributed by atoms with van der Waals surface area (Å²) in [6.45, 7) is -0.893. The van der Waals surface area contributed by atoms with E-state index in [9.17, 15) is 21.2 Å². The quantitative estimate of drug-likeness (QED) is 0.849. The van der Waals surface area contributed by atoms with Crippen LogP contribution in [0.4, 0.5) is 10.1 Å². The fraction of sp³-hybridized carbons (Fsp3) is 0.250. The summed E-state index contributed by atoms with van der Waals surface area (Å²) in [5.41, 5.74) is 0.288. The Labute approximate surface area is 140 Å². The topological polar surface area (TPSA) is 80.3 Å². The molecule has 0 aliphatic heterocycles. The number of rotatable bonds is 6. The van der Waals surface area contributed by atoms with Crippen LogP contribution in [0.5, 0.6) is 0 Å². The van der Waals surface area contributed by atoms with Crippen LogP contribution in [0.15, 0.2) is 58.3 Å². The van der Waals surface area contributed by atoms with Crippen LogP contribution in [0, 0.1) is 0 Å². The lowest BCUT2D eigenvalue weighted by atomic mass is 10.2. The van der Waals surface area contributed by atoms with Gasteiger partial charge in [0.1, 0.15) is 6.67 Å². The van der Waals surface area contributed by atoms with Crippen molar-refractivity contribution in [1.29, 1.82) is 0 Å². The summed E-state index contributed by atoms with van der Waals surface area (Å²) in [4.78, 5) is 0.0410. The van der Waals surface area contributed by atoms with Crippen molar-refractivity contribution < 1.29 is 21.2 Å². The zero-order chi connectivity index (χ0) is 17.4. The molecule has 5 nitrogen and oxygen atoms in total. The fourth-order valence-corrected chi connectivity index (χ4v) is 5.31. The Balaban J connectivity index is 1.85. The van der Waals surface area contributed by atoms with Crippen molar-refractivity contribution in [3.63, 3.8) is 0 Å². The van der Waals surface area contributed by atoms with Crippen molar-refractivity contribution >= 4 is 25.5 Å². The molecule has 0 heterocycles. The molecule has 1 aliphatic rings. The SMILES string of the molecule is O=S(=O)(Nc1ccc(S(=O)(=O)C2CC2)cc1)c1ccccc1CF. The molecule has 2 aromatic carbocycles. The maximum Gasteiger partial charge on any atom is 0.262 e. The summed E-state index contributed by atoms with van der Waals surface area (Å²) in [6, 6.07) is 11.3. The third-order valence-corrected chi connectivity index (χ3v) is 7.56. The smallest absolute Gasteiger partial charge is 0.262 e. The molecular formula is C16H16FNO4S2. The van der Waals surface area contributed by atoms with Crippen LogP contribution >= 0.6 is 0 Å². The second-order valence-electron chi connectivity index (χ2n) is 5.62. The van der Waals surface area contributed by atoms with Gasteiger partial charge in [0.15, 0.2) is 9.84 Å². The van der Waals surface area contributed by atoms with Gasteiger partial charge in [0.05, 0.1) is 15.0 Å². The van der Waals surface area contributed by atoms with Gasteiger partial charge in [0, 0.05) is 11.3 Å². The van der Waals surface area contributed by atoms with Gasteiger partial charge in [-0.05, 0) is 43.2 Å². The number of nitrogens with one attached hydrogen (secondary N) is 1. The molecule has 1 saturated carbocycles. The van der Waals surface area contributed by atoms with Gasteiger partial charge in [-0.3, -0.25) is 4.72 Å². The van der Waals surface area contributed by atoms with Crippen LogP contribution in [0.25, 0.3) is 0 Å². The van der Waals surface area contributed by atoms with E-state index in [0.717, 1.165) is 0 Å². The first-order valence-electron chi connectivity index (χ1n) is 7.35. The van der Waals surface area contributed by atoms with Gasteiger partial charge >= 0.3 is 0 Å². The second kappa shape index (κ2) is 6.18. The monoisotopic (exact) mass is 369 g/mol. The van der Waals surface area contributed by atoms with Crippen molar-refractivity contribution in [2.24, 2.45) is 0 Å². The maximum absolute atomic E-state index is 13.0. The second-order valence-corrected chi connectivity index (χ2v) is 9.49. The number of benzene rings is 2. The van der Waals surface area contributed by atoms with Crippen LogP contribution < -0.4 is 4.72 Å². The number of alkyl halides is 1. The molecule has 8 heteroatoms. The van der Waals surface area contributed by atoms with Crippen LogP contribution in [-0.4, -0.2) is 22.1 Å². The van der Waals surface area contributed by atoms with Crippen LogP contribution in [0.1, 0.15) is 18.4 Å². The molecule has 0 radical (unpaired) electrons. The highest BCUT2D eigenvalue weighted by Gasteiger charge is 2.36. The highest BCUT2D eigenvalue weighted by Crippen LogP contribution is 2.34. The molecular weight excluding hydrogens is 353 g/mol. The number of halogens is 1. The third kappa shape index (κ3) is 3.29. The van der Waals surface area contributed by atoms with Gasteiger partial charge in [-0.2, -0.15) is 0 Å². The van der Waals surface area contributed by atoms with E-state index in [-0.39, 0.29) is 26.3 Å². The molecule has 0 atom stereocenters. The van der Waals surface area contributed by atoms with E-state index in [1.165, 1.54) is 42.5 Å². The van der Waals surface area contributed by atoms with Gasteiger partial charge in [-0.25, -0.2) is 21.2 Å². The molecule has 1 aliphatic carbocycles. The molecule has 0 spiro atoms. The Hall–Kier alpha value is -1.93.